The number of aryl methyl sites for hydroxylation is 1. The number of anilines is 1. The van der Waals surface area contributed by atoms with Crippen molar-refractivity contribution < 1.29 is 9.90 Å². The number of thiocarbonyl (C=S) groups is 1. The lowest BCUT2D eigenvalue weighted by atomic mass is 10.0. The molecule has 0 saturated carbocycles. The van der Waals surface area contributed by atoms with Crippen LogP contribution in [0.5, 0.6) is 5.75 Å². The highest BCUT2D eigenvalue weighted by molar-refractivity contribution is 7.80. The van der Waals surface area contributed by atoms with Crippen LogP contribution in [0, 0.1) is 6.92 Å². The minimum absolute atomic E-state index is 0.0860. The Labute approximate surface area is 141 Å². The Morgan fingerprint density at radius 1 is 1.13 bits per heavy atom. The van der Waals surface area contributed by atoms with Gasteiger partial charge in [0.15, 0.2) is 5.11 Å². The molecule has 0 saturated heterocycles. The number of aromatic hydroxyl groups is 1. The molecule has 1 amide bonds. The zero-order valence-corrected chi connectivity index (χ0v) is 14.2. The second-order valence-electron chi connectivity index (χ2n) is 5.71. The number of benzene rings is 2. The molecule has 5 heteroatoms. The molecule has 0 unspecified atom stereocenters. The fourth-order valence-corrected chi connectivity index (χ4v) is 2.30. The fraction of sp³-hybridized carbons (Fsp3) is 0.222. The minimum atomic E-state index is -0.288. The van der Waals surface area contributed by atoms with Gasteiger partial charge in [-0.25, -0.2) is 0 Å². The Bertz CT molecular complexity index is 724. The summed E-state index contributed by atoms with van der Waals surface area (Å²) in [6.07, 6.45) is 0. The molecule has 0 spiro atoms. The lowest BCUT2D eigenvalue weighted by Gasteiger charge is -2.12. The highest BCUT2D eigenvalue weighted by atomic mass is 32.1. The van der Waals surface area contributed by atoms with Crippen molar-refractivity contribution in [2.75, 3.05) is 5.32 Å². The van der Waals surface area contributed by atoms with Crippen molar-refractivity contribution in [2.24, 2.45) is 0 Å². The Hall–Kier alpha value is -2.40. The van der Waals surface area contributed by atoms with Crippen LogP contribution in [-0.2, 0) is 0 Å². The predicted octanol–water partition coefficient (Wildman–Crippen LogP) is 3.95. The van der Waals surface area contributed by atoms with E-state index in [0.29, 0.717) is 17.2 Å². The lowest BCUT2D eigenvalue weighted by molar-refractivity contribution is 0.0977. The Balaban J connectivity index is 2.00. The highest BCUT2D eigenvalue weighted by Gasteiger charge is 2.10. The summed E-state index contributed by atoms with van der Waals surface area (Å²) in [6.45, 7) is 6.08. The van der Waals surface area contributed by atoms with Crippen LogP contribution < -0.4 is 10.6 Å². The summed E-state index contributed by atoms with van der Waals surface area (Å²) in [7, 11) is 0. The third kappa shape index (κ3) is 4.53. The van der Waals surface area contributed by atoms with Crippen LogP contribution in [0.25, 0.3) is 0 Å². The summed E-state index contributed by atoms with van der Waals surface area (Å²) in [5.41, 5.74) is 3.10. The maximum Gasteiger partial charge on any atom is 0.257 e. The Morgan fingerprint density at radius 3 is 2.35 bits per heavy atom. The van der Waals surface area contributed by atoms with Gasteiger partial charge in [-0.05, 0) is 60.5 Å². The second-order valence-corrected chi connectivity index (χ2v) is 6.11. The molecule has 3 N–H and O–H groups in total. The average molecular weight is 328 g/mol. The summed E-state index contributed by atoms with van der Waals surface area (Å²) >= 11 is 5.12. The second kappa shape index (κ2) is 7.24. The van der Waals surface area contributed by atoms with Gasteiger partial charge >= 0.3 is 0 Å². The SMILES string of the molecule is Cc1ccc(NC(=S)NC(=O)c2ccc(C(C)C)cc2)c(O)c1. The van der Waals surface area contributed by atoms with Crippen molar-refractivity contribution in [3.8, 4) is 5.75 Å². The largest absolute Gasteiger partial charge is 0.506 e. The van der Waals surface area contributed by atoms with E-state index < -0.39 is 0 Å². The van der Waals surface area contributed by atoms with Crippen LogP contribution in [0.1, 0.15) is 41.3 Å². The van der Waals surface area contributed by atoms with Gasteiger partial charge in [0, 0.05) is 5.56 Å². The number of hydrogen-bond donors (Lipinski definition) is 3. The number of hydrogen-bond acceptors (Lipinski definition) is 3. The molecule has 23 heavy (non-hydrogen) atoms. The monoisotopic (exact) mass is 328 g/mol. The molecule has 0 aliphatic rings. The summed E-state index contributed by atoms with van der Waals surface area (Å²) in [6, 6.07) is 12.6. The van der Waals surface area contributed by atoms with Gasteiger partial charge in [0.2, 0.25) is 0 Å². The van der Waals surface area contributed by atoms with E-state index in [1.807, 2.05) is 25.1 Å². The van der Waals surface area contributed by atoms with Gasteiger partial charge in [-0.1, -0.05) is 32.0 Å². The van der Waals surface area contributed by atoms with E-state index in [1.54, 1.807) is 24.3 Å². The molecule has 4 nitrogen and oxygen atoms in total. The molecule has 0 aliphatic carbocycles. The van der Waals surface area contributed by atoms with E-state index >= 15 is 0 Å². The predicted molar refractivity (Wildman–Crippen MR) is 97.1 cm³/mol. The molecule has 0 bridgehead atoms. The molecular formula is C18H20N2O2S. The molecule has 0 radical (unpaired) electrons. The molecule has 0 aliphatic heterocycles. The summed E-state index contributed by atoms with van der Waals surface area (Å²) in [5, 5.41) is 15.4. The molecule has 0 atom stereocenters. The van der Waals surface area contributed by atoms with Crippen molar-refractivity contribution >= 4 is 28.9 Å². The van der Waals surface area contributed by atoms with Gasteiger partial charge in [-0.15, -0.1) is 0 Å². The first-order valence-corrected chi connectivity index (χ1v) is 7.79. The van der Waals surface area contributed by atoms with E-state index in [0.717, 1.165) is 5.56 Å². The maximum atomic E-state index is 12.2. The van der Waals surface area contributed by atoms with E-state index in [4.69, 9.17) is 12.2 Å². The van der Waals surface area contributed by atoms with E-state index in [9.17, 15) is 9.90 Å². The Morgan fingerprint density at radius 2 is 1.78 bits per heavy atom. The normalized spacial score (nSPS) is 10.4. The maximum absolute atomic E-state index is 12.2. The topological polar surface area (TPSA) is 61.4 Å². The highest BCUT2D eigenvalue weighted by Crippen LogP contribution is 2.23. The molecule has 2 aromatic rings. The molecule has 2 rings (SSSR count). The summed E-state index contributed by atoms with van der Waals surface area (Å²) in [4.78, 5) is 12.2. The van der Waals surface area contributed by atoms with E-state index in [1.165, 1.54) is 5.56 Å². The van der Waals surface area contributed by atoms with Crippen LogP contribution in [0.4, 0.5) is 5.69 Å². The van der Waals surface area contributed by atoms with Crippen LogP contribution in [0.3, 0.4) is 0 Å². The zero-order chi connectivity index (χ0) is 17.0. The first-order valence-electron chi connectivity index (χ1n) is 7.38. The molecule has 0 fully saturated rings. The zero-order valence-electron chi connectivity index (χ0n) is 13.4. The number of amides is 1. The average Bonchev–Trinajstić information content (AvgIpc) is 2.50. The summed E-state index contributed by atoms with van der Waals surface area (Å²) in [5.74, 6) is 0.214. The molecule has 0 aromatic heterocycles. The molecular weight excluding hydrogens is 308 g/mol. The van der Waals surface area contributed by atoms with Crippen LogP contribution in [0.15, 0.2) is 42.5 Å². The van der Waals surface area contributed by atoms with Crippen molar-refractivity contribution in [1.29, 1.82) is 0 Å². The third-order valence-corrected chi connectivity index (χ3v) is 3.67. The minimum Gasteiger partial charge on any atom is -0.506 e. The molecule has 2 aromatic carbocycles. The van der Waals surface area contributed by atoms with Crippen molar-refractivity contribution in [2.45, 2.75) is 26.7 Å². The van der Waals surface area contributed by atoms with Crippen molar-refractivity contribution in [1.82, 2.24) is 5.32 Å². The van der Waals surface area contributed by atoms with Crippen LogP contribution in [0.2, 0.25) is 0 Å². The van der Waals surface area contributed by atoms with E-state index in [2.05, 4.69) is 24.5 Å². The van der Waals surface area contributed by atoms with Gasteiger partial charge < -0.3 is 10.4 Å². The Kier molecular flexibility index (Phi) is 5.34. The molecule has 0 heterocycles. The number of nitrogens with one attached hydrogen (secondary N) is 2. The summed E-state index contributed by atoms with van der Waals surface area (Å²) < 4.78 is 0. The number of carbonyl (C=O) groups excluding carboxylic acids is 1. The smallest absolute Gasteiger partial charge is 0.257 e. The van der Waals surface area contributed by atoms with Crippen LogP contribution in [-0.4, -0.2) is 16.1 Å². The van der Waals surface area contributed by atoms with Crippen molar-refractivity contribution in [3.05, 3.63) is 59.2 Å². The van der Waals surface area contributed by atoms with Gasteiger partial charge in [0.25, 0.3) is 5.91 Å². The lowest BCUT2D eigenvalue weighted by Crippen LogP contribution is -2.34. The quantitative estimate of drug-likeness (QED) is 0.590. The first-order chi connectivity index (χ1) is 10.9. The van der Waals surface area contributed by atoms with E-state index in [-0.39, 0.29) is 16.8 Å². The van der Waals surface area contributed by atoms with Gasteiger partial charge in [0.05, 0.1) is 5.69 Å². The fourth-order valence-electron chi connectivity index (χ4n) is 2.10. The number of carbonyl (C=O) groups is 1. The third-order valence-electron chi connectivity index (χ3n) is 3.47. The first kappa shape index (κ1) is 17.0. The standard InChI is InChI=1S/C18H20N2O2S/c1-11(2)13-5-7-14(8-6-13)17(22)20-18(23)19-15-9-4-12(3)10-16(15)21/h4-11,21H,1-3H3,(H2,19,20,22,23). The number of phenolic OH excluding ortho intramolecular Hbond substituents is 1. The van der Waals surface area contributed by atoms with Crippen LogP contribution >= 0.6 is 12.2 Å². The van der Waals surface area contributed by atoms with Gasteiger partial charge in [-0.2, -0.15) is 0 Å². The van der Waals surface area contributed by atoms with Crippen molar-refractivity contribution in [3.63, 3.8) is 0 Å². The number of phenols is 1. The molecule has 120 valence electrons. The van der Waals surface area contributed by atoms with Gasteiger partial charge in [0.1, 0.15) is 5.75 Å². The number of rotatable bonds is 3. The van der Waals surface area contributed by atoms with Gasteiger partial charge in [-0.3, -0.25) is 10.1 Å².